The summed E-state index contributed by atoms with van der Waals surface area (Å²) in [5.74, 6) is -0.119. The van der Waals surface area contributed by atoms with E-state index in [1.54, 1.807) is 47.0 Å². The second kappa shape index (κ2) is 8.17. The van der Waals surface area contributed by atoms with Gasteiger partial charge in [0.05, 0.1) is 18.3 Å². The van der Waals surface area contributed by atoms with Crippen molar-refractivity contribution >= 4 is 22.5 Å². The van der Waals surface area contributed by atoms with Gasteiger partial charge in [0.25, 0.3) is 11.5 Å². The molecule has 0 fully saturated rings. The average molecular weight is 380 g/mol. The molecular formula is C22H24N2O4. The molecule has 3 aromatic rings. The first-order chi connectivity index (χ1) is 13.4. The third kappa shape index (κ3) is 3.71. The summed E-state index contributed by atoms with van der Waals surface area (Å²) in [5.41, 5.74) is 0.257. The van der Waals surface area contributed by atoms with Crippen LogP contribution in [0.3, 0.4) is 0 Å². The van der Waals surface area contributed by atoms with Gasteiger partial charge in [-0.25, -0.2) is 0 Å². The molecule has 2 N–H and O–H groups in total. The number of ether oxygens (including phenoxy) is 1. The van der Waals surface area contributed by atoms with Crippen molar-refractivity contribution in [1.29, 1.82) is 0 Å². The van der Waals surface area contributed by atoms with Crippen molar-refractivity contribution < 1.29 is 14.6 Å². The highest BCUT2D eigenvalue weighted by atomic mass is 16.5. The number of aryl methyl sites for hydroxylation is 1. The number of carbonyl (C=O) groups is 1. The maximum Gasteiger partial charge on any atom is 0.267 e. The second-order valence-corrected chi connectivity index (χ2v) is 7.03. The number of rotatable bonds is 6. The van der Waals surface area contributed by atoms with E-state index in [1.807, 2.05) is 6.07 Å². The highest BCUT2D eigenvalue weighted by molar-refractivity contribution is 6.09. The van der Waals surface area contributed by atoms with E-state index in [0.717, 1.165) is 6.42 Å². The van der Waals surface area contributed by atoms with Crippen molar-refractivity contribution in [2.24, 2.45) is 5.92 Å². The first-order valence-corrected chi connectivity index (χ1v) is 9.23. The maximum absolute atomic E-state index is 13.1. The summed E-state index contributed by atoms with van der Waals surface area (Å²) in [7, 11) is 1.50. The lowest BCUT2D eigenvalue weighted by molar-refractivity contribution is 0.102. The minimum absolute atomic E-state index is 0.270. The SMILES string of the molecule is COc1ccccc1NC(=O)c1c(O)c2ccccc2n(CCC(C)C)c1=O. The van der Waals surface area contributed by atoms with E-state index in [9.17, 15) is 14.7 Å². The number of hydrogen-bond donors (Lipinski definition) is 2. The van der Waals surface area contributed by atoms with Crippen LogP contribution in [0.25, 0.3) is 10.9 Å². The Kier molecular flexibility index (Phi) is 5.68. The number of anilines is 1. The first-order valence-electron chi connectivity index (χ1n) is 9.23. The molecule has 0 saturated heterocycles. The van der Waals surface area contributed by atoms with Gasteiger partial charge in [-0.05, 0) is 36.6 Å². The molecule has 0 aliphatic rings. The van der Waals surface area contributed by atoms with Crippen LogP contribution in [0.2, 0.25) is 0 Å². The van der Waals surface area contributed by atoms with Crippen molar-refractivity contribution in [2.45, 2.75) is 26.8 Å². The molecule has 6 nitrogen and oxygen atoms in total. The summed E-state index contributed by atoms with van der Waals surface area (Å²) in [6.07, 6.45) is 0.780. The lowest BCUT2D eigenvalue weighted by atomic mass is 10.1. The van der Waals surface area contributed by atoms with Crippen molar-refractivity contribution in [1.82, 2.24) is 4.57 Å². The molecule has 0 radical (unpaired) electrons. The Bertz CT molecular complexity index is 1070. The Morgan fingerprint density at radius 1 is 1.14 bits per heavy atom. The molecule has 0 aliphatic heterocycles. The molecule has 1 aromatic heterocycles. The van der Waals surface area contributed by atoms with Gasteiger partial charge in [0.15, 0.2) is 0 Å². The lowest BCUT2D eigenvalue weighted by Crippen LogP contribution is -2.30. The van der Waals surface area contributed by atoms with Crippen molar-refractivity contribution in [3.63, 3.8) is 0 Å². The number of nitrogens with zero attached hydrogens (tertiary/aromatic N) is 1. The number of para-hydroxylation sites is 3. The Labute approximate surface area is 163 Å². The smallest absolute Gasteiger partial charge is 0.267 e. The Hall–Kier alpha value is -3.28. The molecule has 1 amide bonds. The van der Waals surface area contributed by atoms with E-state index in [-0.39, 0.29) is 11.3 Å². The molecule has 2 aromatic carbocycles. The molecule has 0 aliphatic carbocycles. The first kappa shape index (κ1) is 19.5. The molecule has 28 heavy (non-hydrogen) atoms. The van der Waals surface area contributed by atoms with Crippen LogP contribution >= 0.6 is 0 Å². The molecule has 6 heteroatoms. The largest absolute Gasteiger partial charge is 0.506 e. The number of benzene rings is 2. The van der Waals surface area contributed by atoms with E-state index in [0.29, 0.717) is 34.8 Å². The Morgan fingerprint density at radius 3 is 2.54 bits per heavy atom. The van der Waals surface area contributed by atoms with Gasteiger partial charge in [0, 0.05) is 11.9 Å². The highest BCUT2D eigenvalue weighted by Gasteiger charge is 2.23. The lowest BCUT2D eigenvalue weighted by Gasteiger charge is -2.16. The number of pyridine rings is 1. The van der Waals surface area contributed by atoms with E-state index in [4.69, 9.17) is 4.74 Å². The van der Waals surface area contributed by atoms with Crippen LogP contribution in [0.5, 0.6) is 11.5 Å². The van der Waals surface area contributed by atoms with Crippen molar-refractivity contribution in [3.8, 4) is 11.5 Å². The Morgan fingerprint density at radius 2 is 1.82 bits per heavy atom. The van der Waals surface area contributed by atoms with Crippen LogP contribution in [0.1, 0.15) is 30.6 Å². The standard InChI is InChI=1S/C22H24N2O4/c1-14(2)12-13-24-17-10-6-4-8-15(17)20(25)19(22(24)27)21(26)23-16-9-5-7-11-18(16)28-3/h4-11,14,25H,12-13H2,1-3H3,(H,23,26). The quantitative estimate of drug-likeness (QED) is 0.677. The highest BCUT2D eigenvalue weighted by Crippen LogP contribution is 2.29. The van der Waals surface area contributed by atoms with Gasteiger partial charge >= 0.3 is 0 Å². The topological polar surface area (TPSA) is 80.6 Å². The summed E-state index contributed by atoms with van der Waals surface area (Å²) in [5, 5.41) is 13.8. The molecule has 146 valence electrons. The van der Waals surface area contributed by atoms with Crippen molar-refractivity contribution in [3.05, 3.63) is 64.4 Å². The van der Waals surface area contributed by atoms with Crippen LogP contribution in [0.4, 0.5) is 5.69 Å². The summed E-state index contributed by atoms with van der Waals surface area (Å²) in [4.78, 5) is 26.0. The second-order valence-electron chi connectivity index (χ2n) is 7.03. The summed E-state index contributed by atoms with van der Waals surface area (Å²) >= 11 is 0. The number of aromatic hydroxyl groups is 1. The van der Waals surface area contributed by atoms with E-state index < -0.39 is 11.5 Å². The van der Waals surface area contributed by atoms with Gasteiger partial charge < -0.3 is 19.7 Å². The monoisotopic (exact) mass is 380 g/mol. The number of fused-ring (bicyclic) bond motifs is 1. The van der Waals surface area contributed by atoms with Gasteiger partial charge in [0.1, 0.15) is 17.1 Å². The third-order valence-corrected chi connectivity index (χ3v) is 4.66. The molecule has 0 saturated carbocycles. The fraction of sp³-hybridized carbons (Fsp3) is 0.273. The Balaban J connectivity index is 2.12. The molecule has 0 unspecified atom stereocenters. The fourth-order valence-corrected chi connectivity index (χ4v) is 3.14. The molecule has 0 atom stereocenters. The van der Waals surface area contributed by atoms with Gasteiger partial charge in [-0.1, -0.05) is 38.1 Å². The van der Waals surface area contributed by atoms with Crippen molar-refractivity contribution in [2.75, 3.05) is 12.4 Å². The minimum atomic E-state index is -0.670. The van der Waals surface area contributed by atoms with Gasteiger partial charge in [-0.15, -0.1) is 0 Å². The fourth-order valence-electron chi connectivity index (χ4n) is 3.14. The van der Waals surface area contributed by atoms with Crippen LogP contribution in [0.15, 0.2) is 53.3 Å². The number of hydrogen-bond acceptors (Lipinski definition) is 4. The number of amides is 1. The molecule has 0 bridgehead atoms. The maximum atomic E-state index is 13.1. The van der Waals surface area contributed by atoms with E-state index >= 15 is 0 Å². The van der Waals surface area contributed by atoms with Gasteiger partial charge in [0.2, 0.25) is 0 Å². The van der Waals surface area contributed by atoms with Crippen LogP contribution in [0, 0.1) is 5.92 Å². The van der Waals surface area contributed by atoms with Crippen LogP contribution < -0.4 is 15.6 Å². The minimum Gasteiger partial charge on any atom is -0.506 e. The average Bonchev–Trinajstić information content (AvgIpc) is 2.68. The van der Waals surface area contributed by atoms with Crippen LogP contribution in [-0.2, 0) is 6.54 Å². The zero-order valence-electron chi connectivity index (χ0n) is 16.2. The number of nitrogens with one attached hydrogen (secondary N) is 1. The number of methoxy groups -OCH3 is 1. The summed E-state index contributed by atoms with van der Waals surface area (Å²) < 4.78 is 6.80. The third-order valence-electron chi connectivity index (χ3n) is 4.66. The van der Waals surface area contributed by atoms with E-state index in [2.05, 4.69) is 19.2 Å². The van der Waals surface area contributed by atoms with Gasteiger partial charge in [-0.3, -0.25) is 9.59 Å². The number of aromatic nitrogens is 1. The van der Waals surface area contributed by atoms with Crippen LogP contribution in [-0.4, -0.2) is 22.7 Å². The predicted molar refractivity (Wildman–Crippen MR) is 110 cm³/mol. The predicted octanol–water partition coefficient (Wildman–Crippen LogP) is 4.01. The van der Waals surface area contributed by atoms with Gasteiger partial charge in [-0.2, -0.15) is 0 Å². The zero-order valence-corrected chi connectivity index (χ0v) is 16.2. The molecule has 3 rings (SSSR count). The molecule has 1 heterocycles. The normalized spacial score (nSPS) is 11.0. The van der Waals surface area contributed by atoms with E-state index in [1.165, 1.54) is 7.11 Å². The summed E-state index contributed by atoms with van der Waals surface area (Å²) in [6, 6.07) is 14.0. The summed E-state index contributed by atoms with van der Waals surface area (Å²) in [6.45, 7) is 4.61. The number of carbonyl (C=O) groups excluding carboxylic acids is 1. The molecular weight excluding hydrogens is 356 g/mol. The molecule has 0 spiro atoms. The zero-order chi connectivity index (χ0) is 20.3.